The fourth-order valence-electron chi connectivity index (χ4n) is 3.06. The van der Waals surface area contributed by atoms with Gasteiger partial charge in [-0.25, -0.2) is 4.79 Å². The van der Waals surface area contributed by atoms with E-state index in [9.17, 15) is 9.59 Å². The van der Waals surface area contributed by atoms with E-state index >= 15 is 0 Å². The lowest BCUT2D eigenvalue weighted by molar-refractivity contribution is -0.143. The van der Waals surface area contributed by atoms with Gasteiger partial charge in [0.2, 0.25) is 0 Å². The van der Waals surface area contributed by atoms with Crippen LogP contribution in [0.1, 0.15) is 19.8 Å². The number of carbonyl (C=O) groups is 2. The van der Waals surface area contributed by atoms with Crippen LogP contribution in [-0.2, 0) is 4.79 Å². The molecule has 2 aliphatic heterocycles. The van der Waals surface area contributed by atoms with E-state index in [1.807, 2.05) is 29.2 Å². The van der Waals surface area contributed by atoms with E-state index in [0.29, 0.717) is 37.7 Å². The summed E-state index contributed by atoms with van der Waals surface area (Å²) in [6, 6.07) is 7.98. The number of piperidine rings is 1. The molecule has 22 heavy (non-hydrogen) atoms. The van der Waals surface area contributed by atoms with Crippen molar-refractivity contribution in [2.24, 2.45) is 5.92 Å². The summed E-state index contributed by atoms with van der Waals surface area (Å²) in [6.45, 7) is 3.86. The van der Waals surface area contributed by atoms with Crippen molar-refractivity contribution in [3.8, 4) is 0 Å². The molecule has 1 atom stereocenters. The highest BCUT2D eigenvalue weighted by molar-refractivity contribution is 8.00. The average Bonchev–Trinajstić information content (AvgIpc) is 2.53. The van der Waals surface area contributed by atoms with E-state index in [-0.39, 0.29) is 11.9 Å². The zero-order valence-corrected chi connectivity index (χ0v) is 13.4. The molecule has 2 aliphatic rings. The molecular formula is C16H20N2O3S. The van der Waals surface area contributed by atoms with Crippen LogP contribution < -0.4 is 4.90 Å². The Labute approximate surface area is 134 Å². The number of carboxylic acid groups (broad SMARTS) is 1. The molecule has 6 heteroatoms. The summed E-state index contributed by atoms with van der Waals surface area (Å²) in [5.74, 6) is -1.06. The number of nitrogens with zero attached hydrogens (tertiary/aromatic N) is 2. The molecule has 1 fully saturated rings. The number of carbonyl (C=O) groups excluding carboxylic acids is 1. The van der Waals surface area contributed by atoms with Crippen molar-refractivity contribution in [2.45, 2.75) is 29.9 Å². The lowest BCUT2D eigenvalue weighted by Crippen LogP contribution is -2.50. The second-order valence-corrected chi connectivity index (χ2v) is 7.37. The topological polar surface area (TPSA) is 60.9 Å². The van der Waals surface area contributed by atoms with Gasteiger partial charge in [-0.05, 0) is 25.0 Å². The largest absolute Gasteiger partial charge is 0.481 e. The van der Waals surface area contributed by atoms with E-state index in [0.717, 1.165) is 10.6 Å². The van der Waals surface area contributed by atoms with Gasteiger partial charge >= 0.3 is 12.0 Å². The highest BCUT2D eigenvalue weighted by atomic mass is 32.2. The number of thioether (sulfide) groups is 1. The Balaban J connectivity index is 1.74. The smallest absolute Gasteiger partial charge is 0.324 e. The maximum absolute atomic E-state index is 12.8. The van der Waals surface area contributed by atoms with Crippen molar-refractivity contribution in [3.05, 3.63) is 24.3 Å². The van der Waals surface area contributed by atoms with E-state index in [2.05, 4.69) is 6.92 Å². The van der Waals surface area contributed by atoms with Crippen LogP contribution in [0.4, 0.5) is 10.5 Å². The first kappa shape index (κ1) is 15.2. The quantitative estimate of drug-likeness (QED) is 0.864. The monoisotopic (exact) mass is 320 g/mol. The molecule has 5 nitrogen and oxygen atoms in total. The van der Waals surface area contributed by atoms with Gasteiger partial charge in [-0.3, -0.25) is 9.69 Å². The van der Waals surface area contributed by atoms with Gasteiger partial charge in [0, 0.05) is 29.8 Å². The minimum Gasteiger partial charge on any atom is -0.481 e. The number of urea groups is 1. The highest BCUT2D eigenvalue weighted by Crippen LogP contribution is 2.38. The number of para-hydroxylation sites is 1. The van der Waals surface area contributed by atoms with Crippen molar-refractivity contribution in [1.82, 2.24) is 4.90 Å². The Hall–Kier alpha value is -1.69. The standard InChI is InChI=1S/C16H20N2O3S/c1-11-10-18(13-4-2-3-5-14(13)22-11)16(21)17-8-6-12(7-9-17)15(19)20/h2-5,11-12H,6-10H2,1H3,(H,19,20)/t11-/m0/s1. The minimum absolute atomic E-state index is 0.00318. The Bertz CT molecular complexity index is 585. The fourth-order valence-corrected chi connectivity index (χ4v) is 4.17. The molecule has 0 aliphatic carbocycles. The van der Waals surface area contributed by atoms with Gasteiger partial charge in [0.1, 0.15) is 0 Å². The van der Waals surface area contributed by atoms with Crippen molar-refractivity contribution < 1.29 is 14.7 Å². The summed E-state index contributed by atoms with van der Waals surface area (Å²) >= 11 is 1.79. The Kier molecular flexibility index (Phi) is 4.29. The highest BCUT2D eigenvalue weighted by Gasteiger charge is 2.33. The Morgan fingerprint density at radius 2 is 1.91 bits per heavy atom. The van der Waals surface area contributed by atoms with Crippen molar-refractivity contribution >= 4 is 29.4 Å². The Morgan fingerprint density at radius 1 is 1.23 bits per heavy atom. The van der Waals surface area contributed by atoms with Crippen LogP contribution in [0.15, 0.2) is 29.2 Å². The molecule has 118 valence electrons. The van der Waals surface area contributed by atoms with Crippen molar-refractivity contribution in [3.63, 3.8) is 0 Å². The van der Waals surface area contributed by atoms with Gasteiger partial charge in [-0.1, -0.05) is 19.1 Å². The normalized spacial score (nSPS) is 22.3. The molecule has 0 spiro atoms. The van der Waals surface area contributed by atoms with Gasteiger partial charge in [-0.15, -0.1) is 11.8 Å². The number of likely N-dealkylation sites (tertiary alicyclic amines) is 1. The molecule has 0 saturated carbocycles. The maximum atomic E-state index is 12.8. The van der Waals surface area contributed by atoms with Crippen LogP contribution in [0.2, 0.25) is 0 Å². The molecule has 1 saturated heterocycles. The molecular weight excluding hydrogens is 300 g/mol. The van der Waals surface area contributed by atoms with Crippen LogP contribution in [-0.4, -0.2) is 46.9 Å². The molecule has 0 radical (unpaired) electrons. The average molecular weight is 320 g/mol. The number of amides is 2. The fraction of sp³-hybridized carbons (Fsp3) is 0.500. The first-order valence-corrected chi connectivity index (χ1v) is 8.49. The number of hydrogen-bond donors (Lipinski definition) is 1. The van der Waals surface area contributed by atoms with Crippen LogP contribution in [0, 0.1) is 5.92 Å². The molecule has 0 aromatic heterocycles. The van der Waals surface area contributed by atoms with Crippen LogP contribution >= 0.6 is 11.8 Å². The van der Waals surface area contributed by atoms with Gasteiger partial charge < -0.3 is 10.0 Å². The van der Waals surface area contributed by atoms with Gasteiger partial charge in [-0.2, -0.15) is 0 Å². The van der Waals surface area contributed by atoms with Crippen LogP contribution in [0.25, 0.3) is 0 Å². The first-order chi connectivity index (χ1) is 10.6. The number of anilines is 1. The maximum Gasteiger partial charge on any atom is 0.324 e. The summed E-state index contributed by atoms with van der Waals surface area (Å²) in [7, 11) is 0. The third kappa shape index (κ3) is 2.92. The number of fused-ring (bicyclic) bond motifs is 1. The predicted octanol–water partition coefficient (Wildman–Crippen LogP) is 2.90. The summed E-state index contributed by atoms with van der Waals surface area (Å²) in [5.41, 5.74) is 0.968. The molecule has 1 aromatic carbocycles. The zero-order chi connectivity index (χ0) is 15.7. The second-order valence-electron chi connectivity index (χ2n) is 5.89. The van der Waals surface area contributed by atoms with Gasteiger partial charge in [0.25, 0.3) is 0 Å². The number of benzene rings is 1. The number of aliphatic carboxylic acids is 1. The molecule has 2 amide bonds. The number of carboxylic acids is 1. The lowest BCUT2D eigenvalue weighted by atomic mass is 9.97. The SMILES string of the molecule is C[C@H]1CN(C(=O)N2CCC(C(=O)O)CC2)c2ccccc2S1. The minimum atomic E-state index is -0.750. The number of hydrogen-bond acceptors (Lipinski definition) is 3. The molecule has 1 aromatic rings. The summed E-state index contributed by atoms with van der Waals surface area (Å²) in [6.07, 6.45) is 1.09. The molecule has 0 bridgehead atoms. The Morgan fingerprint density at radius 3 is 2.59 bits per heavy atom. The van der Waals surface area contributed by atoms with E-state index in [1.165, 1.54) is 0 Å². The predicted molar refractivity (Wildman–Crippen MR) is 86.4 cm³/mol. The second kappa shape index (κ2) is 6.20. The third-order valence-electron chi connectivity index (χ3n) is 4.27. The molecule has 0 unspecified atom stereocenters. The molecule has 1 N–H and O–H groups in total. The van der Waals surface area contributed by atoms with E-state index in [4.69, 9.17) is 5.11 Å². The first-order valence-electron chi connectivity index (χ1n) is 7.61. The van der Waals surface area contributed by atoms with Crippen LogP contribution in [0.5, 0.6) is 0 Å². The van der Waals surface area contributed by atoms with Crippen LogP contribution in [0.3, 0.4) is 0 Å². The van der Waals surface area contributed by atoms with Gasteiger partial charge in [0.15, 0.2) is 0 Å². The van der Waals surface area contributed by atoms with Crippen molar-refractivity contribution in [1.29, 1.82) is 0 Å². The zero-order valence-electron chi connectivity index (χ0n) is 12.6. The van der Waals surface area contributed by atoms with E-state index in [1.54, 1.807) is 16.7 Å². The summed E-state index contributed by atoms with van der Waals surface area (Å²) in [4.78, 5) is 28.6. The third-order valence-corrected chi connectivity index (χ3v) is 5.42. The molecule has 2 heterocycles. The van der Waals surface area contributed by atoms with Crippen molar-refractivity contribution in [2.75, 3.05) is 24.5 Å². The number of rotatable bonds is 1. The van der Waals surface area contributed by atoms with E-state index < -0.39 is 5.97 Å². The summed E-state index contributed by atoms with van der Waals surface area (Å²) < 4.78 is 0. The molecule has 3 rings (SSSR count). The summed E-state index contributed by atoms with van der Waals surface area (Å²) in [5, 5.41) is 9.42. The lowest BCUT2D eigenvalue weighted by Gasteiger charge is -2.38. The van der Waals surface area contributed by atoms with Gasteiger partial charge in [0.05, 0.1) is 11.6 Å².